The van der Waals surface area contributed by atoms with E-state index in [-0.39, 0.29) is 6.61 Å². The zero-order chi connectivity index (χ0) is 12.3. The standard InChI is InChI=1S/C13H17NO3/c15-9-3-8-14-7-2-5-10-11(13(16)17)4-1-6-12(10)14/h1,4,6,15H,2-3,5,7-9H2,(H,16,17). The number of hydrogen-bond donors (Lipinski definition) is 2. The molecule has 0 saturated carbocycles. The van der Waals surface area contributed by atoms with Crippen LogP contribution in [0.1, 0.15) is 28.8 Å². The molecule has 1 heterocycles. The van der Waals surface area contributed by atoms with Gasteiger partial charge in [-0.05, 0) is 37.0 Å². The summed E-state index contributed by atoms with van der Waals surface area (Å²) in [6.45, 7) is 1.90. The van der Waals surface area contributed by atoms with Gasteiger partial charge >= 0.3 is 5.97 Å². The van der Waals surface area contributed by atoms with E-state index < -0.39 is 5.97 Å². The third-order valence-corrected chi connectivity index (χ3v) is 3.16. The Bertz CT molecular complexity index is 417. The number of aliphatic hydroxyl groups excluding tert-OH is 1. The number of rotatable bonds is 4. The van der Waals surface area contributed by atoms with Gasteiger partial charge in [-0.25, -0.2) is 4.79 Å². The smallest absolute Gasteiger partial charge is 0.336 e. The molecule has 2 rings (SSSR count). The maximum Gasteiger partial charge on any atom is 0.336 e. The number of nitrogens with zero attached hydrogens (tertiary/aromatic N) is 1. The van der Waals surface area contributed by atoms with Crippen molar-refractivity contribution in [2.24, 2.45) is 0 Å². The maximum absolute atomic E-state index is 11.1. The quantitative estimate of drug-likeness (QED) is 0.830. The fourth-order valence-electron chi connectivity index (χ4n) is 2.39. The van der Waals surface area contributed by atoms with Gasteiger partial charge in [-0.3, -0.25) is 0 Å². The van der Waals surface area contributed by atoms with E-state index in [1.165, 1.54) is 0 Å². The average Bonchev–Trinajstić information content (AvgIpc) is 2.35. The van der Waals surface area contributed by atoms with Gasteiger partial charge in [-0.1, -0.05) is 6.07 Å². The Morgan fingerprint density at radius 3 is 2.94 bits per heavy atom. The van der Waals surface area contributed by atoms with Crippen LogP contribution in [0.4, 0.5) is 5.69 Å². The molecule has 4 heteroatoms. The minimum atomic E-state index is -0.856. The fraction of sp³-hybridized carbons (Fsp3) is 0.462. The molecule has 0 aliphatic carbocycles. The lowest BCUT2D eigenvalue weighted by Gasteiger charge is -2.31. The largest absolute Gasteiger partial charge is 0.478 e. The van der Waals surface area contributed by atoms with Gasteiger partial charge in [0.25, 0.3) is 0 Å². The number of carboxylic acids is 1. The van der Waals surface area contributed by atoms with E-state index >= 15 is 0 Å². The summed E-state index contributed by atoms with van der Waals surface area (Å²) in [6.07, 6.45) is 2.52. The van der Waals surface area contributed by atoms with Crippen LogP contribution < -0.4 is 4.90 Å². The third-order valence-electron chi connectivity index (χ3n) is 3.16. The SMILES string of the molecule is O=C(O)c1cccc2c1CCCN2CCCO. The number of aliphatic hydroxyl groups is 1. The van der Waals surface area contributed by atoms with Gasteiger partial charge in [-0.2, -0.15) is 0 Å². The first kappa shape index (κ1) is 11.9. The molecule has 1 aromatic rings. The molecule has 0 saturated heterocycles. The van der Waals surface area contributed by atoms with E-state index in [2.05, 4.69) is 4.90 Å². The van der Waals surface area contributed by atoms with Crippen LogP contribution in [0, 0.1) is 0 Å². The summed E-state index contributed by atoms with van der Waals surface area (Å²) in [5.41, 5.74) is 2.37. The van der Waals surface area contributed by atoms with Crippen LogP contribution in [0.2, 0.25) is 0 Å². The molecule has 0 amide bonds. The molecular weight excluding hydrogens is 218 g/mol. The molecule has 92 valence electrons. The van der Waals surface area contributed by atoms with Gasteiger partial charge in [-0.15, -0.1) is 0 Å². The second kappa shape index (κ2) is 5.19. The first-order valence-electron chi connectivity index (χ1n) is 5.95. The second-order valence-corrected chi connectivity index (χ2v) is 4.28. The first-order chi connectivity index (χ1) is 8.24. The predicted octanol–water partition coefficient (Wildman–Crippen LogP) is 1.52. The average molecular weight is 235 g/mol. The number of aromatic carboxylic acids is 1. The highest BCUT2D eigenvalue weighted by Gasteiger charge is 2.21. The minimum Gasteiger partial charge on any atom is -0.478 e. The van der Waals surface area contributed by atoms with Crippen LogP contribution >= 0.6 is 0 Å². The van der Waals surface area contributed by atoms with Crippen molar-refractivity contribution < 1.29 is 15.0 Å². The van der Waals surface area contributed by atoms with Gasteiger partial charge in [0.05, 0.1) is 5.56 Å². The van der Waals surface area contributed by atoms with Crippen molar-refractivity contribution >= 4 is 11.7 Å². The van der Waals surface area contributed by atoms with Crippen molar-refractivity contribution in [3.63, 3.8) is 0 Å². The summed E-state index contributed by atoms with van der Waals surface area (Å²) >= 11 is 0. The summed E-state index contributed by atoms with van der Waals surface area (Å²) in [5, 5.41) is 18.0. The van der Waals surface area contributed by atoms with Crippen LogP contribution in [-0.2, 0) is 6.42 Å². The Kier molecular flexibility index (Phi) is 3.64. The predicted molar refractivity (Wildman–Crippen MR) is 65.6 cm³/mol. The van der Waals surface area contributed by atoms with Gasteiger partial charge in [0, 0.05) is 25.4 Å². The molecule has 1 aromatic carbocycles. The second-order valence-electron chi connectivity index (χ2n) is 4.28. The lowest BCUT2D eigenvalue weighted by atomic mass is 9.96. The topological polar surface area (TPSA) is 60.8 Å². The molecule has 0 atom stereocenters. The normalized spacial score (nSPS) is 14.5. The Labute approximate surface area is 100 Å². The molecule has 4 nitrogen and oxygen atoms in total. The van der Waals surface area contributed by atoms with Crippen molar-refractivity contribution in [2.45, 2.75) is 19.3 Å². The van der Waals surface area contributed by atoms with Gasteiger partial charge < -0.3 is 15.1 Å². The van der Waals surface area contributed by atoms with E-state index in [1.807, 2.05) is 6.07 Å². The summed E-state index contributed by atoms with van der Waals surface area (Å²) in [4.78, 5) is 13.3. The van der Waals surface area contributed by atoms with E-state index in [4.69, 9.17) is 10.2 Å². The van der Waals surface area contributed by atoms with Crippen molar-refractivity contribution in [1.29, 1.82) is 0 Å². The third kappa shape index (κ3) is 2.42. The van der Waals surface area contributed by atoms with E-state index in [0.717, 1.165) is 43.6 Å². The molecule has 0 unspecified atom stereocenters. The van der Waals surface area contributed by atoms with Crippen LogP contribution in [0.3, 0.4) is 0 Å². The summed E-state index contributed by atoms with van der Waals surface area (Å²) in [5.74, 6) is -0.856. The zero-order valence-corrected chi connectivity index (χ0v) is 9.72. The molecule has 17 heavy (non-hydrogen) atoms. The molecule has 0 spiro atoms. The fourth-order valence-corrected chi connectivity index (χ4v) is 2.39. The summed E-state index contributed by atoms with van der Waals surface area (Å²) in [6, 6.07) is 5.43. The molecule has 2 N–H and O–H groups in total. The summed E-state index contributed by atoms with van der Waals surface area (Å²) in [7, 11) is 0. The molecule has 0 fully saturated rings. The Morgan fingerprint density at radius 2 is 2.24 bits per heavy atom. The lowest BCUT2D eigenvalue weighted by molar-refractivity contribution is 0.0695. The zero-order valence-electron chi connectivity index (χ0n) is 9.72. The van der Waals surface area contributed by atoms with Crippen LogP contribution in [0.5, 0.6) is 0 Å². The monoisotopic (exact) mass is 235 g/mol. The molecule has 1 aliphatic rings. The first-order valence-corrected chi connectivity index (χ1v) is 5.95. The van der Waals surface area contributed by atoms with E-state index in [0.29, 0.717) is 5.56 Å². The number of carboxylic acid groups (broad SMARTS) is 1. The molecule has 0 radical (unpaired) electrons. The number of hydrogen-bond acceptors (Lipinski definition) is 3. The van der Waals surface area contributed by atoms with Gasteiger partial charge in [0.2, 0.25) is 0 Å². The van der Waals surface area contributed by atoms with Crippen molar-refractivity contribution in [1.82, 2.24) is 0 Å². The number of anilines is 1. The summed E-state index contributed by atoms with van der Waals surface area (Å²) < 4.78 is 0. The molecular formula is C13H17NO3. The number of fused-ring (bicyclic) bond motifs is 1. The molecule has 0 bridgehead atoms. The minimum absolute atomic E-state index is 0.171. The number of benzene rings is 1. The van der Waals surface area contributed by atoms with Gasteiger partial charge in [0.1, 0.15) is 0 Å². The van der Waals surface area contributed by atoms with Gasteiger partial charge in [0.15, 0.2) is 0 Å². The maximum atomic E-state index is 11.1. The van der Waals surface area contributed by atoms with Crippen LogP contribution in [-0.4, -0.2) is 35.9 Å². The van der Waals surface area contributed by atoms with Crippen molar-refractivity contribution in [3.8, 4) is 0 Å². The number of carbonyl (C=O) groups is 1. The van der Waals surface area contributed by atoms with Crippen molar-refractivity contribution in [2.75, 3.05) is 24.6 Å². The highest BCUT2D eigenvalue weighted by Crippen LogP contribution is 2.29. The highest BCUT2D eigenvalue weighted by atomic mass is 16.4. The molecule has 0 aromatic heterocycles. The Hall–Kier alpha value is -1.55. The van der Waals surface area contributed by atoms with E-state index in [9.17, 15) is 4.79 Å². The molecule has 1 aliphatic heterocycles. The Balaban J connectivity index is 2.32. The lowest BCUT2D eigenvalue weighted by Crippen LogP contribution is -2.31. The highest BCUT2D eigenvalue weighted by molar-refractivity contribution is 5.91. The Morgan fingerprint density at radius 1 is 1.41 bits per heavy atom. The van der Waals surface area contributed by atoms with Crippen LogP contribution in [0.15, 0.2) is 18.2 Å². The van der Waals surface area contributed by atoms with Crippen LogP contribution in [0.25, 0.3) is 0 Å². The van der Waals surface area contributed by atoms with Crippen molar-refractivity contribution in [3.05, 3.63) is 29.3 Å². The van der Waals surface area contributed by atoms with E-state index in [1.54, 1.807) is 12.1 Å².